The average Bonchev–Trinajstić information content (AvgIpc) is 3.87. The Morgan fingerprint density at radius 2 is 0.733 bits per heavy atom. The Kier molecular flexibility index (Phi) is 6.73. The van der Waals surface area contributed by atoms with Crippen LogP contribution >= 0.6 is 22.7 Å². The zero-order valence-electron chi connectivity index (χ0n) is 32.3. The molecule has 6 heteroatoms. The second-order valence-corrected chi connectivity index (χ2v) is 22.2. The Bertz CT molecular complexity index is 3360. The molecule has 278 valence electrons. The Labute approximate surface area is 356 Å². The van der Waals surface area contributed by atoms with E-state index < -0.39 is 8.07 Å². The van der Waals surface area contributed by atoms with Gasteiger partial charge in [0.05, 0.1) is 0 Å². The number of fused-ring (bicyclic) bond motifs is 6. The molecule has 0 bridgehead atoms. The summed E-state index contributed by atoms with van der Waals surface area (Å²) in [6, 6.07) is 76.4. The summed E-state index contributed by atoms with van der Waals surface area (Å²) < 4.78 is 5.28. The number of rotatable bonds is 4. The van der Waals surface area contributed by atoms with Gasteiger partial charge >= 0.3 is 0 Å². The van der Waals surface area contributed by atoms with Crippen molar-refractivity contribution >= 4 is 149 Å². The molecule has 60 heavy (non-hydrogen) atoms. The first kappa shape index (κ1) is 33.2. The van der Waals surface area contributed by atoms with E-state index in [0.717, 1.165) is 0 Å². The summed E-state index contributed by atoms with van der Waals surface area (Å²) in [5.41, 5.74) is 11.8. The zero-order chi connectivity index (χ0) is 39.1. The number of nitrogens with zero attached hydrogens (tertiary/aromatic N) is 2. The highest BCUT2D eigenvalue weighted by Gasteiger charge is 2.56. The molecule has 0 aliphatic carbocycles. The van der Waals surface area contributed by atoms with Gasteiger partial charge in [-0.1, -0.05) is 140 Å². The van der Waals surface area contributed by atoms with Gasteiger partial charge in [0.1, 0.15) is 0 Å². The first-order chi connectivity index (χ1) is 29.8. The molecular weight excluding hydrogens is 780 g/mol. The summed E-state index contributed by atoms with van der Waals surface area (Å²) >= 11 is 3.78. The van der Waals surface area contributed by atoms with Crippen molar-refractivity contribution in [2.45, 2.75) is 0 Å². The summed E-state index contributed by atoms with van der Waals surface area (Å²) in [5.74, 6) is 0. The number of thiophene rings is 2. The first-order valence-corrected chi connectivity index (χ1v) is 24.3. The predicted octanol–water partition coefficient (Wildman–Crippen LogP) is 10.2. The maximum absolute atomic E-state index is 2.90. The van der Waals surface area contributed by atoms with Crippen molar-refractivity contribution in [3.63, 3.8) is 0 Å². The quantitative estimate of drug-likeness (QED) is 0.163. The lowest BCUT2D eigenvalue weighted by molar-refractivity contribution is 1.26. The van der Waals surface area contributed by atoms with Crippen LogP contribution in [0.25, 0.3) is 40.3 Å². The minimum Gasteiger partial charge on any atom is -0.311 e. The van der Waals surface area contributed by atoms with Gasteiger partial charge in [0, 0.05) is 74.5 Å². The van der Waals surface area contributed by atoms with Crippen LogP contribution < -0.4 is 46.9 Å². The van der Waals surface area contributed by atoms with Crippen molar-refractivity contribution in [3.8, 4) is 0 Å². The van der Waals surface area contributed by atoms with Crippen LogP contribution in [0.1, 0.15) is 0 Å². The molecule has 0 spiro atoms. The third-order valence-corrected chi connectivity index (χ3v) is 20.7. The van der Waals surface area contributed by atoms with Crippen LogP contribution in [0.15, 0.2) is 200 Å². The molecule has 5 heterocycles. The van der Waals surface area contributed by atoms with Crippen molar-refractivity contribution in [3.05, 3.63) is 200 Å². The highest BCUT2D eigenvalue weighted by molar-refractivity contribution is 7.27. The highest BCUT2D eigenvalue weighted by Crippen LogP contribution is 2.47. The standard InChI is InChI=1S/C54H33BN2S2Si/c1-3-14-36(15-4-1)60(37-16-5-2-6-17-37)50-26-12-22-44-53(50)55-52-42(56(44)34-28-30-40-38-18-7-9-24-46(38)58-48(40)32-34)20-11-21-43(52)57(45-23-13-27-51(60)54(45)55)35-29-31-41-39-19-8-10-25-47(39)59-49(41)33-35/h1-33H. The van der Waals surface area contributed by atoms with Crippen LogP contribution in [0.4, 0.5) is 34.1 Å². The zero-order valence-corrected chi connectivity index (χ0v) is 35.0. The molecule has 2 nitrogen and oxygen atoms in total. The second kappa shape index (κ2) is 12.2. The number of benzene rings is 9. The van der Waals surface area contributed by atoms with Gasteiger partial charge in [-0.3, -0.25) is 0 Å². The summed E-state index contributed by atoms with van der Waals surface area (Å²) in [7, 11) is -2.90. The molecular formula is C54H33BN2S2Si. The normalized spacial score (nSPS) is 14.4. The molecule has 3 aliphatic rings. The summed E-state index contributed by atoms with van der Waals surface area (Å²) in [4.78, 5) is 5.19. The Morgan fingerprint density at radius 3 is 1.22 bits per heavy atom. The molecule has 0 radical (unpaired) electrons. The van der Waals surface area contributed by atoms with E-state index in [0.29, 0.717) is 0 Å². The number of anilines is 6. The summed E-state index contributed by atoms with van der Waals surface area (Å²) in [5, 5.41) is 11.1. The molecule has 0 saturated carbocycles. The molecule has 14 rings (SSSR count). The van der Waals surface area contributed by atoms with Crippen molar-refractivity contribution in [2.75, 3.05) is 9.80 Å². The van der Waals surface area contributed by atoms with Gasteiger partial charge in [0.2, 0.25) is 0 Å². The van der Waals surface area contributed by atoms with Crippen LogP contribution in [-0.4, -0.2) is 14.8 Å². The van der Waals surface area contributed by atoms with Crippen LogP contribution in [0.2, 0.25) is 0 Å². The van der Waals surface area contributed by atoms with Gasteiger partial charge < -0.3 is 9.80 Å². The monoisotopic (exact) mass is 812 g/mol. The van der Waals surface area contributed by atoms with Crippen molar-refractivity contribution in [1.82, 2.24) is 0 Å². The molecule has 0 N–H and O–H groups in total. The molecule has 0 atom stereocenters. The molecule has 11 aromatic rings. The average molecular weight is 813 g/mol. The number of hydrogen-bond acceptors (Lipinski definition) is 4. The Morgan fingerprint density at radius 1 is 0.333 bits per heavy atom. The van der Waals surface area contributed by atoms with Crippen LogP contribution in [0, 0.1) is 0 Å². The topological polar surface area (TPSA) is 6.48 Å². The largest absolute Gasteiger partial charge is 0.311 e. The summed E-state index contributed by atoms with van der Waals surface area (Å²) in [6.07, 6.45) is 0. The first-order valence-electron chi connectivity index (χ1n) is 20.7. The SMILES string of the molecule is c1ccc([Si]2(c3ccccc3)c3cccc4c3B3c5c(cccc5N(c5ccc6c(c5)sc5ccccc56)c5cccc2c53)N4c2ccc3c(c2)sc2ccccc23)cc1. The lowest BCUT2D eigenvalue weighted by Gasteiger charge is -2.51. The van der Waals surface area contributed by atoms with E-state index in [1.165, 1.54) is 112 Å². The maximum atomic E-state index is 2.60. The van der Waals surface area contributed by atoms with Gasteiger partial charge in [0.15, 0.2) is 8.07 Å². The fourth-order valence-corrected chi connectivity index (χ4v) is 18.8. The smallest absolute Gasteiger partial charge is 0.251 e. The molecule has 0 unspecified atom stereocenters. The van der Waals surface area contributed by atoms with Gasteiger partial charge in [-0.15, -0.1) is 22.7 Å². The van der Waals surface area contributed by atoms with Gasteiger partial charge in [-0.2, -0.15) is 0 Å². The Balaban J connectivity index is 1.12. The van der Waals surface area contributed by atoms with Crippen molar-refractivity contribution in [1.29, 1.82) is 0 Å². The van der Waals surface area contributed by atoms with E-state index in [2.05, 4.69) is 210 Å². The molecule has 2 aromatic heterocycles. The molecule has 3 aliphatic heterocycles. The van der Waals surface area contributed by atoms with E-state index in [9.17, 15) is 0 Å². The molecule has 0 saturated heterocycles. The molecule has 0 amide bonds. The van der Waals surface area contributed by atoms with Gasteiger partial charge in [0.25, 0.3) is 6.71 Å². The van der Waals surface area contributed by atoms with E-state index in [1.54, 1.807) is 0 Å². The van der Waals surface area contributed by atoms with Gasteiger partial charge in [-0.05, 0) is 97.8 Å². The van der Waals surface area contributed by atoms with E-state index in [4.69, 9.17) is 0 Å². The third kappa shape index (κ3) is 4.22. The maximum Gasteiger partial charge on any atom is 0.251 e. The minimum atomic E-state index is -2.90. The van der Waals surface area contributed by atoms with Crippen LogP contribution in [-0.2, 0) is 0 Å². The van der Waals surface area contributed by atoms with Crippen molar-refractivity contribution in [2.24, 2.45) is 0 Å². The lowest BCUT2D eigenvalue weighted by Crippen LogP contribution is -2.88. The molecule has 0 fully saturated rings. The fourth-order valence-electron chi connectivity index (χ4n) is 11.3. The second-order valence-electron chi connectivity index (χ2n) is 16.3. The lowest BCUT2D eigenvalue weighted by atomic mass is 9.33. The van der Waals surface area contributed by atoms with E-state index in [1.807, 2.05) is 22.7 Å². The van der Waals surface area contributed by atoms with Crippen LogP contribution in [0.5, 0.6) is 0 Å². The van der Waals surface area contributed by atoms with E-state index in [-0.39, 0.29) is 6.71 Å². The predicted molar refractivity (Wildman–Crippen MR) is 263 cm³/mol. The van der Waals surface area contributed by atoms with Crippen molar-refractivity contribution < 1.29 is 0 Å². The minimum absolute atomic E-state index is 0.0789. The fraction of sp³-hybridized carbons (Fsp3) is 0. The highest BCUT2D eigenvalue weighted by atomic mass is 32.1. The van der Waals surface area contributed by atoms with Gasteiger partial charge in [-0.25, -0.2) is 0 Å². The number of hydrogen-bond donors (Lipinski definition) is 0. The van der Waals surface area contributed by atoms with E-state index >= 15 is 0 Å². The van der Waals surface area contributed by atoms with Crippen LogP contribution in [0.3, 0.4) is 0 Å². The Hall–Kier alpha value is -6.70. The molecule has 9 aromatic carbocycles. The third-order valence-electron chi connectivity index (χ3n) is 13.5. The summed E-state index contributed by atoms with van der Waals surface area (Å²) in [6.45, 7) is 0.0789.